The van der Waals surface area contributed by atoms with Gasteiger partial charge in [-0.15, -0.1) is 0 Å². The molecule has 6 heterocycles. The Kier molecular flexibility index (Phi) is 5.23. The largest absolute Gasteiger partial charge is 0.341 e. The van der Waals surface area contributed by atoms with Crippen molar-refractivity contribution in [1.29, 1.82) is 0 Å². The number of fused-ring (bicyclic) bond motifs is 4. The zero-order chi connectivity index (χ0) is 21.5. The fraction of sp³-hybridized carbons (Fsp3) is 0.667. The summed E-state index contributed by atoms with van der Waals surface area (Å²) in [4.78, 5) is 34.4. The molecule has 0 spiro atoms. The first-order valence-electron chi connectivity index (χ1n) is 12.5. The molecule has 0 unspecified atom stereocenters. The highest BCUT2D eigenvalue weighted by atomic mass is 16.1. The molecule has 4 aliphatic rings. The molecule has 3 saturated heterocycles. The van der Waals surface area contributed by atoms with Gasteiger partial charge in [0.2, 0.25) is 17.8 Å². The minimum atomic E-state index is 0.130. The summed E-state index contributed by atoms with van der Waals surface area (Å²) in [6, 6.07) is 5.71. The molecule has 0 aliphatic carbocycles. The average molecular weight is 436 g/mol. The lowest BCUT2D eigenvalue weighted by atomic mass is 9.83. The maximum atomic E-state index is 12.4. The fourth-order valence-electron chi connectivity index (χ4n) is 6.02. The first kappa shape index (κ1) is 20.0. The average Bonchev–Trinajstić information content (AvgIpc) is 2.85. The van der Waals surface area contributed by atoms with Gasteiger partial charge >= 0.3 is 0 Å². The van der Waals surface area contributed by atoms with Crippen molar-refractivity contribution in [2.75, 3.05) is 54.0 Å². The van der Waals surface area contributed by atoms with Gasteiger partial charge in [-0.1, -0.05) is 6.07 Å². The molecular formula is C24H33N7O. The van der Waals surface area contributed by atoms with Crippen molar-refractivity contribution >= 4 is 17.8 Å². The highest BCUT2D eigenvalue weighted by Crippen LogP contribution is 2.36. The van der Waals surface area contributed by atoms with Gasteiger partial charge < -0.3 is 19.3 Å². The predicted octanol–water partition coefficient (Wildman–Crippen LogP) is 2.64. The first-order valence-corrected chi connectivity index (χ1v) is 12.5. The van der Waals surface area contributed by atoms with Gasteiger partial charge in [-0.05, 0) is 56.9 Å². The van der Waals surface area contributed by atoms with E-state index < -0.39 is 0 Å². The summed E-state index contributed by atoms with van der Waals surface area (Å²) in [5, 5.41) is 0. The number of hydrogen-bond acceptors (Lipinski definition) is 7. The maximum absolute atomic E-state index is 12.4. The van der Waals surface area contributed by atoms with Gasteiger partial charge in [0.15, 0.2) is 0 Å². The molecule has 170 valence electrons. The number of nitrogens with zero attached hydrogens (tertiary/aromatic N) is 7. The molecule has 0 amide bonds. The quantitative estimate of drug-likeness (QED) is 0.734. The van der Waals surface area contributed by atoms with Crippen LogP contribution in [-0.2, 0) is 6.54 Å². The van der Waals surface area contributed by atoms with E-state index in [9.17, 15) is 4.79 Å². The number of pyridine rings is 1. The summed E-state index contributed by atoms with van der Waals surface area (Å²) >= 11 is 0. The minimum Gasteiger partial charge on any atom is -0.341 e. The number of aromatic nitrogens is 4. The Morgan fingerprint density at radius 3 is 1.91 bits per heavy atom. The number of rotatable bonds is 3. The molecule has 4 aliphatic heterocycles. The molecule has 2 aromatic heterocycles. The Bertz CT molecular complexity index is 989. The number of anilines is 3. The Morgan fingerprint density at radius 2 is 1.28 bits per heavy atom. The summed E-state index contributed by atoms with van der Waals surface area (Å²) in [6.45, 7) is 6.69. The minimum absolute atomic E-state index is 0.130. The lowest BCUT2D eigenvalue weighted by Gasteiger charge is -2.43. The van der Waals surface area contributed by atoms with Crippen molar-refractivity contribution in [3.05, 3.63) is 34.2 Å². The van der Waals surface area contributed by atoms with Gasteiger partial charge in [0.1, 0.15) is 0 Å². The van der Waals surface area contributed by atoms with E-state index in [-0.39, 0.29) is 5.56 Å². The van der Waals surface area contributed by atoms with Crippen molar-refractivity contribution in [3.63, 3.8) is 0 Å². The molecule has 0 aromatic carbocycles. The number of hydrogen-bond donors (Lipinski definition) is 0. The SMILES string of the molecule is O=c1cccc2n1C[C@@H]1C[C@H]2CN(c2nc(N3CCCCC3)nc(N3CCCCC3)n2)C1. The molecule has 3 fully saturated rings. The Balaban J connectivity index is 1.34. The summed E-state index contributed by atoms with van der Waals surface area (Å²) in [5.41, 5.74) is 1.30. The summed E-state index contributed by atoms with van der Waals surface area (Å²) in [7, 11) is 0. The molecule has 6 rings (SSSR count). The fourth-order valence-corrected chi connectivity index (χ4v) is 6.02. The van der Waals surface area contributed by atoms with Crippen molar-refractivity contribution in [1.82, 2.24) is 19.5 Å². The molecule has 8 nitrogen and oxygen atoms in total. The van der Waals surface area contributed by atoms with E-state index in [0.717, 1.165) is 70.1 Å². The predicted molar refractivity (Wildman–Crippen MR) is 126 cm³/mol. The standard InChI is InChI=1S/C24H33N7O/c32-21-9-7-8-20-19-14-18(16-31(20)21)15-30(17-19)24-26-22(28-10-3-1-4-11-28)25-23(27-24)29-12-5-2-6-13-29/h7-9,18-19H,1-6,10-17H2/t18-,19+/m1/s1. The van der Waals surface area contributed by atoms with Gasteiger partial charge in [-0.2, -0.15) is 15.0 Å². The summed E-state index contributed by atoms with van der Waals surface area (Å²) < 4.78 is 1.99. The highest BCUT2D eigenvalue weighted by molar-refractivity contribution is 5.48. The van der Waals surface area contributed by atoms with Gasteiger partial charge in [0.05, 0.1) is 0 Å². The summed E-state index contributed by atoms with van der Waals surface area (Å²) in [6.07, 6.45) is 8.56. The Labute approximate surface area is 189 Å². The molecule has 2 bridgehead atoms. The second kappa shape index (κ2) is 8.37. The van der Waals surface area contributed by atoms with Crippen molar-refractivity contribution < 1.29 is 0 Å². The van der Waals surface area contributed by atoms with Crippen LogP contribution < -0.4 is 20.3 Å². The molecule has 0 radical (unpaired) electrons. The smallest absolute Gasteiger partial charge is 0.250 e. The number of piperidine rings is 3. The van der Waals surface area contributed by atoms with E-state index in [1.165, 1.54) is 44.2 Å². The zero-order valence-corrected chi connectivity index (χ0v) is 18.8. The Hall–Kier alpha value is -2.64. The lowest BCUT2D eigenvalue weighted by Crippen LogP contribution is -2.48. The van der Waals surface area contributed by atoms with Crippen molar-refractivity contribution in [2.45, 2.75) is 57.4 Å². The van der Waals surface area contributed by atoms with Crippen LogP contribution in [-0.4, -0.2) is 58.8 Å². The van der Waals surface area contributed by atoms with E-state index in [4.69, 9.17) is 15.0 Å². The van der Waals surface area contributed by atoms with Crippen LogP contribution in [0.15, 0.2) is 23.0 Å². The van der Waals surface area contributed by atoms with E-state index in [2.05, 4.69) is 20.8 Å². The van der Waals surface area contributed by atoms with Gasteiger partial charge in [-0.3, -0.25) is 4.79 Å². The van der Waals surface area contributed by atoms with Gasteiger partial charge in [-0.25, -0.2) is 0 Å². The topological polar surface area (TPSA) is 70.4 Å². The normalized spacial score (nSPS) is 25.6. The van der Waals surface area contributed by atoms with Crippen molar-refractivity contribution in [3.8, 4) is 0 Å². The molecule has 32 heavy (non-hydrogen) atoms. The van der Waals surface area contributed by atoms with Crippen LogP contribution >= 0.6 is 0 Å². The second-order valence-corrected chi connectivity index (χ2v) is 9.93. The zero-order valence-electron chi connectivity index (χ0n) is 18.8. The molecule has 0 N–H and O–H groups in total. The molecular weight excluding hydrogens is 402 g/mol. The molecule has 0 saturated carbocycles. The van der Waals surface area contributed by atoms with Crippen LogP contribution in [0.25, 0.3) is 0 Å². The first-order chi connectivity index (χ1) is 15.7. The Morgan fingerprint density at radius 1 is 0.688 bits per heavy atom. The second-order valence-electron chi connectivity index (χ2n) is 9.93. The van der Waals surface area contributed by atoms with Crippen LogP contribution in [0, 0.1) is 5.92 Å². The van der Waals surface area contributed by atoms with E-state index in [1.807, 2.05) is 10.6 Å². The van der Waals surface area contributed by atoms with Crippen LogP contribution in [0.1, 0.15) is 56.6 Å². The lowest BCUT2D eigenvalue weighted by molar-refractivity contribution is 0.279. The third-order valence-corrected chi connectivity index (χ3v) is 7.64. The molecule has 8 heteroatoms. The monoisotopic (exact) mass is 435 g/mol. The van der Waals surface area contributed by atoms with Crippen LogP contribution in [0.3, 0.4) is 0 Å². The van der Waals surface area contributed by atoms with Gasteiger partial charge in [0, 0.05) is 63.5 Å². The van der Waals surface area contributed by atoms with Gasteiger partial charge in [0.25, 0.3) is 5.56 Å². The van der Waals surface area contributed by atoms with E-state index in [1.54, 1.807) is 6.07 Å². The highest BCUT2D eigenvalue weighted by Gasteiger charge is 2.36. The third-order valence-electron chi connectivity index (χ3n) is 7.64. The molecule has 2 atom stereocenters. The van der Waals surface area contributed by atoms with E-state index in [0.29, 0.717) is 11.8 Å². The maximum Gasteiger partial charge on any atom is 0.250 e. The summed E-state index contributed by atoms with van der Waals surface area (Å²) in [5.74, 6) is 3.33. The van der Waals surface area contributed by atoms with Crippen LogP contribution in [0.5, 0.6) is 0 Å². The van der Waals surface area contributed by atoms with E-state index >= 15 is 0 Å². The van der Waals surface area contributed by atoms with Crippen molar-refractivity contribution in [2.24, 2.45) is 5.92 Å². The van der Waals surface area contributed by atoms with Crippen LogP contribution in [0.4, 0.5) is 17.8 Å². The molecule has 2 aromatic rings. The third kappa shape index (κ3) is 3.73. The van der Waals surface area contributed by atoms with Crippen LogP contribution in [0.2, 0.25) is 0 Å².